The van der Waals surface area contributed by atoms with Gasteiger partial charge >= 0.3 is 19.8 Å². The molecule has 1 N–H and O–H groups in total. The average molecular weight is 731 g/mol. The topological polar surface area (TPSA) is 108 Å². The number of hydrogen-bond acceptors (Lipinski definition) is 7. The molecular formula is C40H77NO8P+. The number of quaternary nitrogens is 1. The third kappa shape index (κ3) is 36.3. The van der Waals surface area contributed by atoms with Gasteiger partial charge in [-0.15, -0.1) is 0 Å². The molecule has 0 rings (SSSR count). The maximum Gasteiger partial charge on any atom is 0.472 e. The van der Waals surface area contributed by atoms with Gasteiger partial charge in [-0.1, -0.05) is 115 Å². The quantitative estimate of drug-likeness (QED) is 0.0223. The van der Waals surface area contributed by atoms with E-state index in [4.69, 9.17) is 18.5 Å². The van der Waals surface area contributed by atoms with Crippen LogP contribution in [0.4, 0.5) is 0 Å². The first-order chi connectivity index (χ1) is 24.0. The van der Waals surface area contributed by atoms with Crippen molar-refractivity contribution in [2.75, 3.05) is 47.5 Å². The van der Waals surface area contributed by atoms with E-state index in [9.17, 15) is 19.0 Å². The Morgan fingerprint density at radius 3 is 1.52 bits per heavy atom. The highest BCUT2D eigenvalue weighted by atomic mass is 31.2. The summed E-state index contributed by atoms with van der Waals surface area (Å²) in [6, 6.07) is 0. The molecule has 0 aromatic rings. The SMILES string of the molecule is CCCCC/C=C/CCCCCCCC(=O)OC[C@H](COP(=O)(O)OCC[N+](C)(C)C)OC(=O)CCCCCCC/C=C/CCCCCCC. The van der Waals surface area contributed by atoms with Crippen molar-refractivity contribution in [2.24, 2.45) is 0 Å². The number of likely N-dealkylation sites (N-methyl/N-ethyl adjacent to an activating group) is 1. The third-order valence-electron chi connectivity index (χ3n) is 8.45. The predicted octanol–water partition coefficient (Wildman–Crippen LogP) is 10.8. The van der Waals surface area contributed by atoms with Crippen molar-refractivity contribution in [1.29, 1.82) is 0 Å². The Balaban J connectivity index is 4.44. The van der Waals surface area contributed by atoms with Crippen molar-refractivity contribution in [1.82, 2.24) is 0 Å². The van der Waals surface area contributed by atoms with Crippen molar-refractivity contribution >= 4 is 19.8 Å². The van der Waals surface area contributed by atoms with Crippen LogP contribution in [0.5, 0.6) is 0 Å². The normalized spacial score (nSPS) is 14.0. The maximum absolute atomic E-state index is 12.6. The van der Waals surface area contributed by atoms with Crippen LogP contribution in [0.2, 0.25) is 0 Å². The molecule has 0 amide bonds. The molecule has 0 spiro atoms. The lowest BCUT2D eigenvalue weighted by Crippen LogP contribution is -2.37. The number of ether oxygens (including phenoxy) is 2. The van der Waals surface area contributed by atoms with Gasteiger partial charge in [0.15, 0.2) is 6.10 Å². The van der Waals surface area contributed by atoms with Gasteiger partial charge in [0.05, 0.1) is 27.7 Å². The molecule has 10 heteroatoms. The Morgan fingerprint density at radius 1 is 0.600 bits per heavy atom. The molecule has 9 nitrogen and oxygen atoms in total. The standard InChI is InChI=1S/C40H76NO8P/c1-6-8-10-12-14-16-18-20-21-23-25-27-29-31-33-40(43)49-38(37-48-50(44,45)47-35-34-41(3,4)5)36-46-39(42)32-30-28-26-24-22-19-17-15-13-11-9-7-2/h15,17-18,20,38H,6-14,16,19,21-37H2,1-5H3/p+1/b17-15+,20-18+/t38-/m1/s1. The molecule has 294 valence electrons. The van der Waals surface area contributed by atoms with E-state index >= 15 is 0 Å². The molecule has 0 saturated carbocycles. The van der Waals surface area contributed by atoms with Gasteiger partial charge in [0.25, 0.3) is 0 Å². The number of nitrogens with zero attached hydrogens (tertiary/aromatic N) is 1. The summed E-state index contributed by atoms with van der Waals surface area (Å²) in [6.07, 6.45) is 33.6. The van der Waals surface area contributed by atoms with Crippen molar-refractivity contribution in [3.63, 3.8) is 0 Å². The minimum Gasteiger partial charge on any atom is -0.462 e. The summed E-state index contributed by atoms with van der Waals surface area (Å²) < 4.78 is 34.2. The van der Waals surface area contributed by atoms with E-state index < -0.39 is 26.5 Å². The summed E-state index contributed by atoms with van der Waals surface area (Å²) in [6.45, 7) is 4.36. The van der Waals surface area contributed by atoms with Gasteiger partial charge in [-0.2, -0.15) is 0 Å². The zero-order valence-electron chi connectivity index (χ0n) is 32.9. The Labute approximate surface area is 307 Å². The molecule has 1 unspecified atom stereocenters. The molecule has 50 heavy (non-hydrogen) atoms. The monoisotopic (exact) mass is 731 g/mol. The smallest absolute Gasteiger partial charge is 0.462 e. The first-order valence-corrected chi connectivity index (χ1v) is 21.6. The number of esters is 2. The van der Waals surface area contributed by atoms with Gasteiger partial charge in [0.2, 0.25) is 0 Å². The lowest BCUT2D eigenvalue weighted by molar-refractivity contribution is -0.870. The molecule has 0 fully saturated rings. The molecule has 0 aliphatic rings. The second kappa shape index (κ2) is 33.3. The summed E-state index contributed by atoms with van der Waals surface area (Å²) in [5, 5.41) is 0. The zero-order valence-corrected chi connectivity index (χ0v) is 33.8. The van der Waals surface area contributed by atoms with Gasteiger partial charge in [-0.25, -0.2) is 4.57 Å². The van der Waals surface area contributed by atoms with Crippen LogP contribution in [-0.2, 0) is 32.7 Å². The average Bonchev–Trinajstić information content (AvgIpc) is 3.06. The number of unbranched alkanes of at least 4 members (excludes halogenated alkanes) is 18. The number of rotatable bonds is 36. The molecule has 0 aliphatic heterocycles. The van der Waals surface area contributed by atoms with Gasteiger partial charge < -0.3 is 18.9 Å². The second-order valence-corrected chi connectivity index (χ2v) is 16.1. The molecule has 0 radical (unpaired) electrons. The highest BCUT2D eigenvalue weighted by Crippen LogP contribution is 2.43. The largest absolute Gasteiger partial charge is 0.472 e. The van der Waals surface area contributed by atoms with Crippen LogP contribution in [0.3, 0.4) is 0 Å². The molecule has 0 saturated heterocycles. The molecule has 0 heterocycles. The van der Waals surface area contributed by atoms with Crippen molar-refractivity contribution < 1.29 is 42.1 Å². The summed E-state index contributed by atoms with van der Waals surface area (Å²) in [5.74, 6) is -0.819. The van der Waals surface area contributed by atoms with Crippen LogP contribution in [-0.4, -0.2) is 74.9 Å². The summed E-state index contributed by atoms with van der Waals surface area (Å²) in [4.78, 5) is 35.2. The van der Waals surface area contributed by atoms with E-state index in [0.717, 1.165) is 70.6 Å². The number of carbonyl (C=O) groups excluding carboxylic acids is 2. The lowest BCUT2D eigenvalue weighted by Gasteiger charge is -2.24. The van der Waals surface area contributed by atoms with E-state index in [1.165, 1.54) is 64.2 Å². The van der Waals surface area contributed by atoms with Gasteiger partial charge in [-0.05, 0) is 64.2 Å². The number of allylic oxidation sites excluding steroid dienone is 4. The van der Waals surface area contributed by atoms with Gasteiger partial charge in [-0.3, -0.25) is 18.6 Å². The summed E-state index contributed by atoms with van der Waals surface area (Å²) in [5.41, 5.74) is 0. The molecule has 0 bridgehead atoms. The first kappa shape index (κ1) is 48.5. The Hall–Kier alpha value is -1.51. The van der Waals surface area contributed by atoms with Crippen LogP contribution in [0.15, 0.2) is 24.3 Å². The Bertz CT molecular complexity index is 918. The number of carbonyl (C=O) groups is 2. The summed E-state index contributed by atoms with van der Waals surface area (Å²) >= 11 is 0. The minimum atomic E-state index is -4.37. The van der Waals surface area contributed by atoms with E-state index in [-0.39, 0.29) is 32.0 Å². The molecule has 2 atom stereocenters. The fourth-order valence-corrected chi connectivity index (χ4v) is 5.98. The van der Waals surface area contributed by atoms with Crippen molar-refractivity contribution in [3.05, 3.63) is 24.3 Å². The Kier molecular flexibility index (Phi) is 32.3. The zero-order chi connectivity index (χ0) is 37.2. The fourth-order valence-electron chi connectivity index (χ4n) is 5.24. The highest BCUT2D eigenvalue weighted by molar-refractivity contribution is 7.47. The highest BCUT2D eigenvalue weighted by Gasteiger charge is 2.27. The first-order valence-electron chi connectivity index (χ1n) is 20.1. The van der Waals surface area contributed by atoms with Gasteiger partial charge in [0, 0.05) is 12.8 Å². The van der Waals surface area contributed by atoms with E-state index in [0.29, 0.717) is 17.4 Å². The van der Waals surface area contributed by atoms with Crippen LogP contribution in [0, 0.1) is 0 Å². The molecule has 0 aromatic carbocycles. The third-order valence-corrected chi connectivity index (χ3v) is 9.44. The Morgan fingerprint density at radius 2 is 1.02 bits per heavy atom. The van der Waals surface area contributed by atoms with Crippen LogP contribution in [0.25, 0.3) is 0 Å². The fraction of sp³-hybridized carbons (Fsp3) is 0.850. The van der Waals surface area contributed by atoms with Crippen molar-refractivity contribution in [2.45, 2.75) is 174 Å². The van der Waals surface area contributed by atoms with E-state index in [2.05, 4.69) is 38.2 Å². The predicted molar refractivity (Wildman–Crippen MR) is 206 cm³/mol. The molecule has 0 aromatic heterocycles. The number of phosphoric acid groups is 1. The lowest BCUT2D eigenvalue weighted by atomic mass is 10.1. The molecule has 0 aliphatic carbocycles. The maximum atomic E-state index is 12.6. The van der Waals surface area contributed by atoms with Crippen LogP contribution >= 0.6 is 7.82 Å². The number of hydrogen-bond donors (Lipinski definition) is 1. The molecular weight excluding hydrogens is 653 g/mol. The number of phosphoric ester groups is 1. The van der Waals surface area contributed by atoms with Gasteiger partial charge in [0.1, 0.15) is 19.8 Å². The minimum absolute atomic E-state index is 0.0296. The van der Waals surface area contributed by atoms with E-state index in [1.807, 2.05) is 21.1 Å². The van der Waals surface area contributed by atoms with Crippen molar-refractivity contribution in [3.8, 4) is 0 Å². The van der Waals surface area contributed by atoms with Crippen LogP contribution in [0.1, 0.15) is 168 Å². The van der Waals surface area contributed by atoms with E-state index in [1.54, 1.807) is 0 Å². The summed E-state index contributed by atoms with van der Waals surface area (Å²) in [7, 11) is 1.47. The second-order valence-electron chi connectivity index (χ2n) is 14.7. The van der Waals surface area contributed by atoms with Crippen LogP contribution < -0.4 is 0 Å².